The summed E-state index contributed by atoms with van der Waals surface area (Å²) in [6, 6.07) is 2.22. The molecule has 1 aromatic rings. The van der Waals surface area contributed by atoms with Crippen LogP contribution in [0.2, 0.25) is 0 Å². The third-order valence-corrected chi connectivity index (χ3v) is 5.06. The standard InChI is InChI=1S/C16H27N5O/c1-14(19-11-9-18(2)10-12-19)16(22)21-8-3-5-15(21)13-20-7-4-6-17-20/h4,6-7,14-15H,3,5,8-13H2,1-2H3. The Balaban J connectivity index is 1.60. The molecule has 0 N–H and O–H groups in total. The molecule has 2 saturated heterocycles. The van der Waals surface area contributed by atoms with E-state index in [2.05, 4.69) is 33.8 Å². The lowest BCUT2D eigenvalue weighted by atomic mass is 10.1. The van der Waals surface area contributed by atoms with E-state index < -0.39 is 0 Å². The largest absolute Gasteiger partial charge is 0.337 e. The Morgan fingerprint density at radius 3 is 2.73 bits per heavy atom. The van der Waals surface area contributed by atoms with Crippen molar-refractivity contribution in [2.45, 2.75) is 38.4 Å². The van der Waals surface area contributed by atoms with Crippen LogP contribution in [-0.2, 0) is 11.3 Å². The molecule has 0 radical (unpaired) electrons. The number of piperazine rings is 1. The fourth-order valence-electron chi connectivity index (χ4n) is 3.55. The molecular formula is C16H27N5O. The molecule has 2 unspecified atom stereocenters. The molecule has 3 heterocycles. The number of nitrogens with zero attached hydrogens (tertiary/aromatic N) is 5. The van der Waals surface area contributed by atoms with Crippen LogP contribution in [0.15, 0.2) is 18.5 Å². The maximum Gasteiger partial charge on any atom is 0.239 e. The minimum Gasteiger partial charge on any atom is -0.337 e. The smallest absolute Gasteiger partial charge is 0.239 e. The molecule has 0 saturated carbocycles. The number of carbonyl (C=O) groups is 1. The summed E-state index contributed by atoms with van der Waals surface area (Å²) in [5.74, 6) is 0.291. The maximum absolute atomic E-state index is 12.9. The lowest BCUT2D eigenvalue weighted by molar-refractivity contribution is -0.138. The minimum absolute atomic E-state index is 0.00748. The molecule has 3 rings (SSSR count). The van der Waals surface area contributed by atoms with Crippen LogP contribution in [0.1, 0.15) is 19.8 Å². The summed E-state index contributed by atoms with van der Waals surface area (Å²) in [5, 5.41) is 4.28. The number of hydrogen-bond donors (Lipinski definition) is 0. The molecule has 0 aliphatic carbocycles. The lowest BCUT2D eigenvalue weighted by Gasteiger charge is -2.38. The van der Waals surface area contributed by atoms with Gasteiger partial charge in [-0.1, -0.05) is 0 Å². The van der Waals surface area contributed by atoms with E-state index in [1.807, 2.05) is 16.9 Å². The Morgan fingerprint density at radius 2 is 2.05 bits per heavy atom. The average Bonchev–Trinajstić information content (AvgIpc) is 3.19. The van der Waals surface area contributed by atoms with E-state index in [0.29, 0.717) is 11.9 Å². The van der Waals surface area contributed by atoms with Gasteiger partial charge < -0.3 is 9.80 Å². The third kappa shape index (κ3) is 3.33. The van der Waals surface area contributed by atoms with Crippen LogP contribution in [0.3, 0.4) is 0 Å². The Hall–Kier alpha value is -1.40. The van der Waals surface area contributed by atoms with Crippen LogP contribution in [0, 0.1) is 0 Å². The highest BCUT2D eigenvalue weighted by Gasteiger charge is 2.34. The van der Waals surface area contributed by atoms with Crippen LogP contribution in [0.5, 0.6) is 0 Å². The Kier molecular flexibility index (Phi) is 4.78. The van der Waals surface area contributed by atoms with Gasteiger partial charge in [-0.3, -0.25) is 14.4 Å². The van der Waals surface area contributed by atoms with Crippen LogP contribution in [0.4, 0.5) is 0 Å². The zero-order chi connectivity index (χ0) is 15.5. The Bertz CT molecular complexity index is 481. The highest BCUT2D eigenvalue weighted by molar-refractivity contribution is 5.82. The van der Waals surface area contributed by atoms with Crippen molar-refractivity contribution in [3.63, 3.8) is 0 Å². The van der Waals surface area contributed by atoms with Crippen molar-refractivity contribution in [3.05, 3.63) is 18.5 Å². The first kappa shape index (κ1) is 15.5. The summed E-state index contributed by atoms with van der Waals surface area (Å²) in [7, 11) is 2.14. The summed E-state index contributed by atoms with van der Waals surface area (Å²) >= 11 is 0. The van der Waals surface area contributed by atoms with Gasteiger partial charge in [-0.05, 0) is 32.9 Å². The van der Waals surface area contributed by atoms with E-state index in [4.69, 9.17) is 0 Å². The third-order valence-electron chi connectivity index (χ3n) is 5.06. The topological polar surface area (TPSA) is 44.6 Å². The van der Waals surface area contributed by atoms with Crippen molar-refractivity contribution < 1.29 is 4.79 Å². The predicted octanol–water partition coefficient (Wildman–Crippen LogP) is 0.510. The van der Waals surface area contributed by atoms with E-state index in [1.165, 1.54) is 0 Å². The van der Waals surface area contributed by atoms with Crippen molar-refractivity contribution in [2.75, 3.05) is 39.8 Å². The molecule has 0 aromatic carbocycles. The summed E-state index contributed by atoms with van der Waals surface area (Å²) in [4.78, 5) is 19.6. The predicted molar refractivity (Wildman–Crippen MR) is 85.5 cm³/mol. The number of likely N-dealkylation sites (N-methyl/N-ethyl adjacent to an activating group) is 1. The van der Waals surface area contributed by atoms with Crippen molar-refractivity contribution in [1.82, 2.24) is 24.5 Å². The molecule has 2 aliphatic rings. The van der Waals surface area contributed by atoms with Gasteiger partial charge in [-0.25, -0.2) is 0 Å². The monoisotopic (exact) mass is 305 g/mol. The second-order valence-electron chi connectivity index (χ2n) is 6.57. The van der Waals surface area contributed by atoms with Gasteiger partial charge in [0, 0.05) is 45.1 Å². The maximum atomic E-state index is 12.9. The second kappa shape index (κ2) is 6.79. The van der Waals surface area contributed by atoms with Gasteiger partial charge in [-0.2, -0.15) is 5.10 Å². The first-order chi connectivity index (χ1) is 10.6. The minimum atomic E-state index is -0.00748. The Labute approximate surface area is 132 Å². The van der Waals surface area contributed by atoms with Crippen molar-refractivity contribution >= 4 is 5.91 Å². The van der Waals surface area contributed by atoms with Gasteiger partial charge in [0.1, 0.15) is 0 Å². The Morgan fingerprint density at radius 1 is 1.27 bits per heavy atom. The first-order valence-electron chi connectivity index (χ1n) is 8.35. The molecule has 6 heteroatoms. The first-order valence-corrected chi connectivity index (χ1v) is 8.35. The van der Waals surface area contributed by atoms with Gasteiger partial charge >= 0.3 is 0 Å². The summed E-state index contributed by atoms with van der Waals surface area (Å²) < 4.78 is 1.94. The van der Waals surface area contributed by atoms with Gasteiger partial charge in [-0.15, -0.1) is 0 Å². The van der Waals surface area contributed by atoms with Gasteiger partial charge in [0.25, 0.3) is 0 Å². The highest BCUT2D eigenvalue weighted by Crippen LogP contribution is 2.21. The van der Waals surface area contributed by atoms with Crippen LogP contribution < -0.4 is 0 Å². The highest BCUT2D eigenvalue weighted by atomic mass is 16.2. The second-order valence-corrected chi connectivity index (χ2v) is 6.57. The molecule has 0 bridgehead atoms. The van der Waals surface area contributed by atoms with Crippen molar-refractivity contribution in [2.24, 2.45) is 0 Å². The summed E-state index contributed by atoms with van der Waals surface area (Å²) in [6.45, 7) is 7.85. The molecular weight excluding hydrogens is 278 g/mol. The molecule has 2 aliphatic heterocycles. The molecule has 2 atom stereocenters. The lowest BCUT2D eigenvalue weighted by Crippen LogP contribution is -2.54. The fourth-order valence-corrected chi connectivity index (χ4v) is 3.55. The van der Waals surface area contributed by atoms with E-state index in [1.54, 1.807) is 6.20 Å². The average molecular weight is 305 g/mol. The molecule has 1 amide bonds. The SMILES string of the molecule is CC(C(=O)N1CCCC1Cn1cccn1)N1CCN(C)CC1. The van der Waals surface area contributed by atoms with Crippen molar-refractivity contribution in [3.8, 4) is 0 Å². The zero-order valence-electron chi connectivity index (χ0n) is 13.7. The molecule has 0 spiro atoms. The molecule has 22 heavy (non-hydrogen) atoms. The quantitative estimate of drug-likeness (QED) is 0.813. The normalized spacial score (nSPS) is 25.5. The number of likely N-dealkylation sites (tertiary alicyclic amines) is 1. The van der Waals surface area contributed by atoms with E-state index in [0.717, 1.165) is 52.1 Å². The molecule has 122 valence electrons. The van der Waals surface area contributed by atoms with Gasteiger partial charge in [0.15, 0.2) is 0 Å². The van der Waals surface area contributed by atoms with Gasteiger partial charge in [0.2, 0.25) is 5.91 Å². The van der Waals surface area contributed by atoms with Gasteiger partial charge in [0.05, 0.1) is 18.6 Å². The number of carbonyl (C=O) groups excluding carboxylic acids is 1. The molecule has 2 fully saturated rings. The van der Waals surface area contributed by atoms with Crippen LogP contribution >= 0.6 is 0 Å². The van der Waals surface area contributed by atoms with E-state index in [-0.39, 0.29) is 6.04 Å². The molecule has 6 nitrogen and oxygen atoms in total. The van der Waals surface area contributed by atoms with E-state index in [9.17, 15) is 4.79 Å². The number of aromatic nitrogens is 2. The summed E-state index contributed by atoms with van der Waals surface area (Å²) in [5.41, 5.74) is 0. The number of hydrogen-bond acceptors (Lipinski definition) is 4. The van der Waals surface area contributed by atoms with Crippen LogP contribution in [-0.4, -0.2) is 82.2 Å². The zero-order valence-corrected chi connectivity index (χ0v) is 13.7. The fraction of sp³-hybridized carbons (Fsp3) is 0.750. The van der Waals surface area contributed by atoms with E-state index >= 15 is 0 Å². The number of amides is 1. The summed E-state index contributed by atoms with van der Waals surface area (Å²) in [6.07, 6.45) is 5.97. The number of rotatable bonds is 4. The molecule has 1 aromatic heterocycles. The van der Waals surface area contributed by atoms with Crippen molar-refractivity contribution in [1.29, 1.82) is 0 Å². The van der Waals surface area contributed by atoms with Crippen LogP contribution in [0.25, 0.3) is 0 Å².